The predicted octanol–water partition coefficient (Wildman–Crippen LogP) is 5.36. The summed E-state index contributed by atoms with van der Waals surface area (Å²) in [6.45, 7) is 1.79. The van der Waals surface area contributed by atoms with E-state index in [0.29, 0.717) is 16.6 Å². The number of methoxy groups -OCH3 is 1. The number of nitrogens with one attached hydrogen (secondary N) is 1. The molecule has 30 heavy (non-hydrogen) atoms. The van der Waals surface area contributed by atoms with E-state index >= 15 is 0 Å². The average Bonchev–Trinajstić information content (AvgIpc) is 3.34. The Bertz CT molecular complexity index is 1200. The van der Waals surface area contributed by atoms with E-state index in [1.807, 2.05) is 29.6 Å². The molecule has 4 aromatic rings. The van der Waals surface area contributed by atoms with Gasteiger partial charge in [-0.3, -0.25) is 4.79 Å². The molecule has 0 bridgehead atoms. The third-order valence-corrected chi connectivity index (χ3v) is 5.45. The minimum Gasteiger partial charge on any atom is -0.497 e. The van der Waals surface area contributed by atoms with Crippen LogP contribution in [0.3, 0.4) is 0 Å². The lowest BCUT2D eigenvalue weighted by Crippen LogP contribution is -2.17. The van der Waals surface area contributed by atoms with Gasteiger partial charge in [0.15, 0.2) is 0 Å². The van der Waals surface area contributed by atoms with E-state index in [9.17, 15) is 9.18 Å². The molecule has 0 aliphatic rings. The number of carbonyl (C=O) groups is 1. The Hall–Kier alpha value is -3.23. The van der Waals surface area contributed by atoms with Crippen molar-refractivity contribution >= 4 is 34.7 Å². The largest absolute Gasteiger partial charge is 0.497 e. The van der Waals surface area contributed by atoms with Crippen molar-refractivity contribution in [2.24, 2.45) is 0 Å². The van der Waals surface area contributed by atoms with Crippen LogP contribution >= 0.6 is 22.9 Å². The summed E-state index contributed by atoms with van der Waals surface area (Å²) in [6.07, 6.45) is 0. The van der Waals surface area contributed by atoms with Gasteiger partial charge in [-0.05, 0) is 43.3 Å². The molecule has 0 aliphatic carbocycles. The van der Waals surface area contributed by atoms with Crippen LogP contribution < -0.4 is 10.1 Å². The summed E-state index contributed by atoms with van der Waals surface area (Å²) < 4.78 is 20.8. The van der Waals surface area contributed by atoms with Crippen molar-refractivity contribution in [3.63, 3.8) is 0 Å². The number of hydrogen-bond donors (Lipinski definition) is 1. The second-order valence-electron chi connectivity index (χ2n) is 6.38. The topological polar surface area (TPSA) is 69.0 Å². The fourth-order valence-electron chi connectivity index (χ4n) is 2.88. The molecule has 0 fully saturated rings. The summed E-state index contributed by atoms with van der Waals surface area (Å²) in [5.74, 6) is -0.230. The number of benzene rings is 2. The number of anilines is 1. The highest BCUT2D eigenvalue weighted by Gasteiger charge is 2.19. The van der Waals surface area contributed by atoms with Gasteiger partial charge >= 0.3 is 0 Å². The van der Waals surface area contributed by atoms with Gasteiger partial charge in [-0.15, -0.1) is 11.3 Å². The van der Waals surface area contributed by atoms with Crippen molar-refractivity contribution in [2.45, 2.75) is 6.92 Å². The summed E-state index contributed by atoms with van der Waals surface area (Å²) in [6, 6.07) is 13.3. The highest BCUT2D eigenvalue weighted by Crippen LogP contribution is 2.28. The highest BCUT2D eigenvalue weighted by atomic mass is 35.5. The van der Waals surface area contributed by atoms with Crippen LogP contribution in [0.1, 0.15) is 16.1 Å². The second-order valence-corrected chi connectivity index (χ2v) is 7.62. The average molecular weight is 443 g/mol. The molecule has 0 saturated carbocycles. The summed E-state index contributed by atoms with van der Waals surface area (Å²) in [5.41, 5.74) is 2.14. The molecule has 0 spiro atoms. The first kappa shape index (κ1) is 20.1. The minimum absolute atomic E-state index is 0.0336. The van der Waals surface area contributed by atoms with E-state index in [0.717, 1.165) is 17.0 Å². The normalized spacial score (nSPS) is 10.8. The monoisotopic (exact) mass is 442 g/mol. The Balaban J connectivity index is 1.64. The maximum atomic E-state index is 14.1. The van der Waals surface area contributed by atoms with Gasteiger partial charge in [-0.25, -0.2) is 9.37 Å². The quantitative estimate of drug-likeness (QED) is 0.452. The summed E-state index contributed by atoms with van der Waals surface area (Å²) in [5, 5.41) is 9.58. The molecule has 2 aromatic heterocycles. The molecule has 0 radical (unpaired) electrons. The molecule has 2 heterocycles. The smallest absolute Gasteiger partial charge is 0.261 e. The number of ether oxygens (including phenoxy) is 1. The SMILES string of the molecule is COc1ccc(-c2csc(-n3nc(C)cc3NC(=O)c3c(F)cccc3Cl)n2)cc1. The summed E-state index contributed by atoms with van der Waals surface area (Å²) >= 11 is 7.37. The Morgan fingerprint density at radius 1 is 1.23 bits per heavy atom. The predicted molar refractivity (Wildman–Crippen MR) is 115 cm³/mol. The first-order valence-corrected chi connectivity index (χ1v) is 10.1. The zero-order chi connectivity index (χ0) is 21.3. The lowest BCUT2D eigenvalue weighted by Gasteiger charge is -2.08. The van der Waals surface area contributed by atoms with E-state index in [2.05, 4.69) is 15.4 Å². The lowest BCUT2D eigenvalue weighted by atomic mass is 10.2. The van der Waals surface area contributed by atoms with Gasteiger partial charge < -0.3 is 10.1 Å². The maximum Gasteiger partial charge on any atom is 0.261 e. The molecule has 0 unspecified atom stereocenters. The van der Waals surface area contributed by atoms with E-state index < -0.39 is 11.7 Å². The molecule has 6 nitrogen and oxygen atoms in total. The van der Waals surface area contributed by atoms with Gasteiger partial charge in [0.25, 0.3) is 5.91 Å². The Kier molecular flexibility index (Phi) is 5.52. The molecule has 0 saturated heterocycles. The summed E-state index contributed by atoms with van der Waals surface area (Å²) in [7, 11) is 1.61. The van der Waals surface area contributed by atoms with Crippen LogP contribution in [0, 0.1) is 12.7 Å². The number of amides is 1. The second kappa shape index (κ2) is 8.25. The first-order chi connectivity index (χ1) is 14.5. The van der Waals surface area contributed by atoms with Crippen molar-refractivity contribution < 1.29 is 13.9 Å². The first-order valence-electron chi connectivity index (χ1n) is 8.88. The number of aromatic nitrogens is 3. The molecule has 152 valence electrons. The standard InChI is InChI=1S/C21H16ClFN4O2S/c1-12-10-18(25-20(28)19-15(22)4-3-5-16(19)23)27(26-12)21-24-17(11-30-21)13-6-8-14(29-2)9-7-13/h3-11H,1-2H3,(H,25,28). The van der Waals surface area contributed by atoms with Crippen molar-refractivity contribution in [3.05, 3.63) is 76.0 Å². The Morgan fingerprint density at radius 2 is 2.00 bits per heavy atom. The minimum atomic E-state index is -0.696. The van der Waals surface area contributed by atoms with Crippen LogP contribution in [0.2, 0.25) is 5.02 Å². The van der Waals surface area contributed by atoms with Crippen molar-refractivity contribution in [2.75, 3.05) is 12.4 Å². The van der Waals surface area contributed by atoms with E-state index in [1.54, 1.807) is 20.1 Å². The fourth-order valence-corrected chi connectivity index (χ4v) is 3.93. The Labute approximate surface area is 180 Å². The number of halogens is 2. The van der Waals surface area contributed by atoms with Crippen LogP contribution in [0.4, 0.5) is 10.2 Å². The number of rotatable bonds is 5. The van der Waals surface area contributed by atoms with E-state index in [4.69, 9.17) is 16.3 Å². The maximum absolute atomic E-state index is 14.1. The summed E-state index contributed by atoms with van der Waals surface area (Å²) in [4.78, 5) is 17.3. The number of aryl methyl sites for hydroxylation is 1. The van der Waals surface area contributed by atoms with Crippen LogP contribution in [-0.2, 0) is 0 Å². The lowest BCUT2D eigenvalue weighted by molar-refractivity contribution is 0.102. The number of thiazole rings is 1. The molecule has 4 rings (SSSR count). The van der Waals surface area contributed by atoms with Gasteiger partial charge in [-0.2, -0.15) is 9.78 Å². The third-order valence-electron chi connectivity index (χ3n) is 4.32. The highest BCUT2D eigenvalue weighted by molar-refractivity contribution is 7.12. The third kappa shape index (κ3) is 3.92. The van der Waals surface area contributed by atoms with Gasteiger partial charge in [0.05, 0.1) is 29.1 Å². The molecule has 0 atom stereocenters. The number of hydrogen-bond acceptors (Lipinski definition) is 5. The van der Waals surface area contributed by atoms with Crippen LogP contribution in [-0.4, -0.2) is 27.8 Å². The zero-order valence-corrected chi connectivity index (χ0v) is 17.6. The van der Waals surface area contributed by atoms with Crippen LogP contribution in [0.25, 0.3) is 16.4 Å². The molecular weight excluding hydrogens is 427 g/mol. The van der Waals surface area contributed by atoms with E-state index in [1.165, 1.54) is 34.2 Å². The molecule has 1 amide bonds. The van der Waals surface area contributed by atoms with E-state index in [-0.39, 0.29) is 10.6 Å². The molecule has 2 aromatic carbocycles. The van der Waals surface area contributed by atoms with Crippen molar-refractivity contribution in [1.82, 2.24) is 14.8 Å². The number of nitrogens with zero attached hydrogens (tertiary/aromatic N) is 3. The zero-order valence-electron chi connectivity index (χ0n) is 16.0. The van der Waals surface area contributed by atoms with Crippen LogP contribution in [0.15, 0.2) is 53.9 Å². The van der Waals surface area contributed by atoms with Gasteiger partial charge in [0, 0.05) is 17.0 Å². The van der Waals surface area contributed by atoms with Gasteiger partial charge in [0.1, 0.15) is 17.4 Å². The van der Waals surface area contributed by atoms with Crippen molar-refractivity contribution in [3.8, 4) is 22.1 Å². The molecule has 0 aliphatic heterocycles. The van der Waals surface area contributed by atoms with Crippen molar-refractivity contribution in [1.29, 1.82) is 0 Å². The Morgan fingerprint density at radius 3 is 2.70 bits per heavy atom. The van der Waals surface area contributed by atoms with Gasteiger partial charge in [0.2, 0.25) is 5.13 Å². The van der Waals surface area contributed by atoms with Gasteiger partial charge in [-0.1, -0.05) is 17.7 Å². The fraction of sp³-hybridized carbons (Fsp3) is 0.0952. The molecule has 1 N–H and O–H groups in total. The van der Waals surface area contributed by atoms with Crippen LogP contribution in [0.5, 0.6) is 5.75 Å². The number of carbonyl (C=O) groups excluding carboxylic acids is 1. The molecule has 9 heteroatoms. The molecular formula is C21H16ClFN4O2S.